The molecule has 0 fully saturated rings. The van der Waals surface area contributed by atoms with Gasteiger partial charge in [0.25, 0.3) is 0 Å². The van der Waals surface area contributed by atoms with E-state index >= 15 is 0 Å². The monoisotopic (exact) mass is 297 g/mol. The predicted molar refractivity (Wildman–Crippen MR) is 58.0 cm³/mol. The van der Waals surface area contributed by atoms with Crippen molar-refractivity contribution in [1.82, 2.24) is 3.30 Å². The number of amides is 1. The molecule has 1 N–H and O–H groups in total. The van der Waals surface area contributed by atoms with Crippen molar-refractivity contribution in [2.75, 3.05) is 0 Å². The van der Waals surface area contributed by atoms with Gasteiger partial charge in [-0.3, -0.25) is 0 Å². The van der Waals surface area contributed by atoms with E-state index in [9.17, 15) is 4.79 Å². The molecule has 1 aliphatic rings. The molecule has 0 saturated carbocycles. The molecule has 1 aliphatic heterocycles. The molecule has 0 spiro atoms. The summed E-state index contributed by atoms with van der Waals surface area (Å²) in [6, 6.07) is 0. The van der Waals surface area contributed by atoms with Crippen molar-refractivity contribution >= 4 is 27.8 Å². The minimum absolute atomic E-state index is 0.283. The van der Waals surface area contributed by atoms with Gasteiger partial charge < -0.3 is 0 Å². The number of hydrogen-bond donors (Lipinski definition) is 1. The van der Waals surface area contributed by atoms with E-state index in [4.69, 9.17) is 4.74 Å². The van der Waals surface area contributed by atoms with E-state index in [1.54, 1.807) is 0 Å². The molecule has 1 heterocycles. The molecule has 0 aromatic carbocycles. The van der Waals surface area contributed by atoms with Gasteiger partial charge in [0.05, 0.1) is 0 Å². The average molecular weight is 297 g/mol. The normalized spacial score (nSPS) is 15.4. The Balaban J connectivity index is 2.39. The summed E-state index contributed by atoms with van der Waals surface area (Å²) in [5.74, 6) is 0. The fourth-order valence-corrected chi connectivity index (χ4v) is 6.35. The van der Waals surface area contributed by atoms with E-state index in [1.165, 1.54) is 5.57 Å². The number of nitrogens with one attached hydrogen (secondary N) is 1. The zero-order valence-electron chi connectivity index (χ0n) is 9.13. The van der Waals surface area contributed by atoms with Crippen molar-refractivity contribution in [3.05, 3.63) is 19.3 Å². The molecular weight excluding hydrogens is 281 g/mol. The van der Waals surface area contributed by atoms with Gasteiger partial charge in [-0.2, -0.15) is 0 Å². The molecule has 14 heavy (non-hydrogen) atoms. The first kappa shape index (κ1) is 11.7. The molecule has 1 rings (SSSR count). The number of allylic oxidation sites excluding steroid dienone is 2. The maximum atomic E-state index is 11.4. The molecule has 0 aromatic rings. The van der Waals surface area contributed by atoms with Crippen LogP contribution in [0.5, 0.6) is 0 Å². The third-order valence-corrected chi connectivity index (χ3v) is 7.57. The summed E-state index contributed by atoms with van der Waals surface area (Å²) in [6.45, 7) is 7.65. The first-order valence-electron chi connectivity index (χ1n) is 4.73. The second-order valence-corrected chi connectivity index (χ2v) is 10.3. The predicted octanol–water partition coefficient (Wildman–Crippen LogP) is 2.10. The molecule has 3 nitrogen and oxygen atoms in total. The fraction of sp³-hybridized carbons (Fsp3) is 0.500. The Morgan fingerprint density at radius 3 is 2.57 bits per heavy atom. The van der Waals surface area contributed by atoms with E-state index < -0.39 is 27.3 Å². The zero-order valence-corrected chi connectivity index (χ0v) is 12.4. The Morgan fingerprint density at radius 2 is 2.14 bits per heavy atom. The van der Waals surface area contributed by atoms with Gasteiger partial charge >= 0.3 is 93.3 Å². The van der Waals surface area contributed by atoms with Gasteiger partial charge in [0, 0.05) is 0 Å². The van der Waals surface area contributed by atoms with Gasteiger partial charge in [0.15, 0.2) is 0 Å². The topological polar surface area (TPSA) is 38.3 Å². The van der Waals surface area contributed by atoms with Crippen LogP contribution >= 0.6 is 0 Å². The van der Waals surface area contributed by atoms with E-state index in [-0.39, 0.29) is 6.09 Å². The van der Waals surface area contributed by atoms with Gasteiger partial charge in [-0.15, -0.1) is 0 Å². The summed E-state index contributed by atoms with van der Waals surface area (Å²) in [7, 11) is 0. The van der Waals surface area contributed by atoms with Crippen LogP contribution in [0, 0.1) is 0 Å². The first-order valence-corrected chi connectivity index (χ1v) is 10.2. The summed E-state index contributed by atoms with van der Waals surface area (Å²) in [5, 5.41) is 0. The van der Waals surface area contributed by atoms with Crippen molar-refractivity contribution in [2.24, 2.45) is 0 Å². The summed E-state index contributed by atoms with van der Waals surface area (Å²) in [5.41, 5.74) is 0.846. The third-order valence-electron chi connectivity index (χ3n) is 1.69. The zero-order chi connectivity index (χ0) is 10.8. The average Bonchev–Trinajstić information content (AvgIpc) is 2.30. The van der Waals surface area contributed by atoms with E-state index in [0.717, 1.165) is 0 Å². The van der Waals surface area contributed by atoms with E-state index in [0.29, 0.717) is 0 Å². The SMILES string of the molecule is CC1=[CH][In]([NH]C(=O)OC(C)(C)C)[CH]=C1. The van der Waals surface area contributed by atoms with Crippen LogP contribution in [0.3, 0.4) is 0 Å². The number of carbonyl (C=O) groups is 1. The summed E-state index contributed by atoms with van der Waals surface area (Å²) in [4.78, 5) is 11.4. The van der Waals surface area contributed by atoms with Crippen LogP contribution in [-0.2, 0) is 4.74 Å². The third kappa shape index (κ3) is 4.22. The van der Waals surface area contributed by atoms with Gasteiger partial charge in [-0.25, -0.2) is 0 Å². The summed E-state index contributed by atoms with van der Waals surface area (Å²) < 4.78 is 12.5. The fourth-order valence-electron chi connectivity index (χ4n) is 1.18. The van der Waals surface area contributed by atoms with Crippen LogP contribution in [-0.4, -0.2) is 33.4 Å². The Kier molecular flexibility index (Phi) is 3.70. The Labute approximate surface area is 93.1 Å². The molecule has 0 aliphatic carbocycles. The summed E-state index contributed by atoms with van der Waals surface area (Å²) in [6.07, 6.45) is 1.78. The molecule has 0 aromatic heterocycles. The molecule has 0 radical (unpaired) electrons. The van der Waals surface area contributed by atoms with Gasteiger partial charge in [0.2, 0.25) is 0 Å². The quantitative estimate of drug-likeness (QED) is 0.805. The second kappa shape index (κ2) is 4.43. The molecule has 0 atom stereocenters. The van der Waals surface area contributed by atoms with Crippen LogP contribution in [0.4, 0.5) is 4.79 Å². The van der Waals surface area contributed by atoms with Crippen molar-refractivity contribution in [3.63, 3.8) is 0 Å². The number of ether oxygens (including phenoxy) is 1. The van der Waals surface area contributed by atoms with Crippen LogP contribution in [0.1, 0.15) is 27.7 Å². The Hall–Kier alpha value is -0.380. The number of rotatable bonds is 1. The van der Waals surface area contributed by atoms with Crippen LogP contribution in [0.15, 0.2) is 19.3 Å². The first-order chi connectivity index (χ1) is 6.37. The van der Waals surface area contributed by atoms with Crippen LogP contribution < -0.4 is 3.30 Å². The molecular formula is C10H16InNO2. The minimum atomic E-state index is -2.03. The van der Waals surface area contributed by atoms with Crippen molar-refractivity contribution < 1.29 is 9.53 Å². The van der Waals surface area contributed by atoms with Gasteiger partial charge in [0.1, 0.15) is 0 Å². The van der Waals surface area contributed by atoms with E-state index in [2.05, 4.69) is 17.0 Å². The molecule has 0 bridgehead atoms. The Morgan fingerprint density at radius 1 is 1.50 bits per heavy atom. The maximum absolute atomic E-state index is 11.4. The van der Waals surface area contributed by atoms with E-state index in [1.807, 2.05) is 27.7 Å². The number of hydrogen-bond acceptors (Lipinski definition) is 2. The summed E-state index contributed by atoms with van der Waals surface area (Å²) >= 11 is -2.03. The van der Waals surface area contributed by atoms with Gasteiger partial charge in [-0.1, -0.05) is 0 Å². The molecule has 1 amide bonds. The van der Waals surface area contributed by atoms with Crippen molar-refractivity contribution in [3.8, 4) is 0 Å². The van der Waals surface area contributed by atoms with Crippen molar-refractivity contribution in [2.45, 2.75) is 33.3 Å². The molecule has 0 saturated heterocycles. The second-order valence-electron chi connectivity index (χ2n) is 4.44. The molecule has 4 heteroatoms. The Bertz CT molecular complexity index is 289. The van der Waals surface area contributed by atoms with Crippen molar-refractivity contribution in [1.29, 1.82) is 0 Å². The van der Waals surface area contributed by atoms with Crippen LogP contribution in [0.25, 0.3) is 0 Å². The number of carbonyl (C=O) groups excluding carboxylic acids is 1. The molecule has 0 unspecified atom stereocenters. The molecule has 76 valence electrons. The van der Waals surface area contributed by atoms with Crippen LogP contribution in [0.2, 0.25) is 0 Å². The standard InChI is InChI=1S/C5H11NO2.C5H6.In/c1-5(2,3)8-4(6)7;1-4-5(2)3;/h1-3H3,(H2,6,7);1-2,4H,3H3;/q;;+1/p-1. The van der Waals surface area contributed by atoms with Gasteiger partial charge in [-0.05, 0) is 0 Å².